The van der Waals surface area contributed by atoms with Gasteiger partial charge in [0.1, 0.15) is 12.2 Å². The molecule has 1 aromatic heterocycles. The molecule has 1 heterocycles. The lowest BCUT2D eigenvalue weighted by atomic mass is 10.0. The Morgan fingerprint density at radius 2 is 2.06 bits per heavy atom. The minimum absolute atomic E-state index is 0.0592. The van der Waals surface area contributed by atoms with Crippen molar-refractivity contribution in [2.24, 2.45) is 5.92 Å². The molecule has 1 atom stereocenters. The lowest BCUT2D eigenvalue weighted by molar-refractivity contribution is 0.364. The monoisotopic (exact) mass is 258 g/mol. The lowest BCUT2D eigenvalue weighted by Crippen LogP contribution is -2.45. The second-order valence-corrected chi connectivity index (χ2v) is 6.10. The summed E-state index contributed by atoms with van der Waals surface area (Å²) in [7, 11) is 0. The van der Waals surface area contributed by atoms with Gasteiger partial charge in [-0.15, -0.1) is 11.6 Å². The normalized spacial score (nSPS) is 14.3. The van der Waals surface area contributed by atoms with E-state index in [0.29, 0.717) is 12.5 Å². The Kier molecular flexibility index (Phi) is 4.95. The SMILES string of the molecule is CC(C)Cn1ncnc1CNC(C)(C)C(C)Cl. The van der Waals surface area contributed by atoms with Gasteiger partial charge in [0.15, 0.2) is 0 Å². The minimum Gasteiger partial charge on any atom is -0.303 e. The molecule has 1 unspecified atom stereocenters. The zero-order valence-corrected chi connectivity index (χ0v) is 12.1. The highest BCUT2D eigenvalue weighted by atomic mass is 35.5. The fourth-order valence-electron chi connectivity index (χ4n) is 1.37. The van der Waals surface area contributed by atoms with Crippen LogP contribution >= 0.6 is 11.6 Å². The van der Waals surface area contributed by atoms with E-state index in [2.05, 4.69) is 43.1 Å². The van der Waals surface area contributed by atoms with Crippen LogP contribution in [-0.4, -0.2) is 25.7 Å². The van der Waals surface area contributed by atoms with Crippen LogP contribution in [0.25, 0.3) is 0 Å². The number of nitrogens with one attached hydrogen (secondary N) is 1. The molecule has 0 bridgehead atoms. The van der Waals surface area contributed by atoms with E-state index in [9.17, 15) is 0 Å². The Balaban J connectivity index is 2.60. The first kappa shape index (κ1) is 14.5. The number of rotatable bonds is 6. The van der Waals surface area contributed by atoms with Gasteiger partial charge in [0.25, 0.3) is 0 Å². The van der Waals surface area contributed by atoms with Crippen LogP contribution < -0.4 is 5.32 Å². The summed E-state index contributed by atoms with van der Waals surface area (Å²) in [6.07, 6.45) is 1.61. The maximum atomic E-state index is 6.13. The average molecular weight is 259 g/mol. The molecule has 0 fully saturated rings. The van der Waals surface area contributed by atoms with Crippen molar-refractivity contribution in [3.05, 3.63) is 12.2 Å². The van der Waals surface area contributed by atoms with Crippen molar-refractivity contribution in [3.8, 4) is 0 Å². The van der Waals surface area contributed by atoms with Crippen LogP contribution in [0, 0.1) is 5.92 Å². The molecular formula is C12H23ClN4. The van der Waals surface area contributed by atoms with E-state index in [4.69, 9.17) is 11.6 Å². The van der Waals surface area contributed by atoms with Gasteiger partial charge in [-0.3, -0.25) is 0 Å². The van der Waals surface area contributed by atoms with Crippen LogP contribution in [0.5, 0.6) is 0 Å². The molecule has 5 heteroatoms. The van der Waals surface area contributed by atoms with Crippen molar-refractivity contribution >= 4 is 11.6 Å². The van der Waals surface area contributed by atoms with Crippen molar-refractivity contribution in [2.75, 3.05) is 0 Å². The average Bonchev–Trinajstić information content (AvgIpc) is 2.61. The van der Waals surface area contributed by atoms with E-state index in [1.165, 1.54) is 0 Å². The predicted octanol–water partition coefficient (Wildman–Crippen LogP) is 2.43. The second kappa shape index (κ2) is 5.83. The summed E-state index contributed by atoms with van der Waals surface area (Å²) in [5, 5.41) is 7.71. The summed E-state index contributed by atoms with van der Waals surface area (Å²) >= 11 is 6.13. The predicted molar refractivity (Wildman–Crippen MR) is 71.1 cm³/mol. The first-order valence-electron chi connectivity index (χ1n) is 6.08. The number of nitrogens with zero attached hydrogens (tertiary/aromatic N) is 3. The third-order valence-corrected chi connectivity index (χ3v) is 3.48. The number of alkyl halides is 1. The van der Waals surface area contributed by atoms with Gasteiger partial charge in [0, 0.05) is 17.5 Å². The van der Waals surface area contributed by atoms with Crippen molar-refractivity contribution < 1.29 is 0 Å². The molecule has 0 aliphatic heterocycles. The standard InChI is InChI=1S/C12H23ClN4/c1-9(2)7-17-11(14-8-16-17)6-15-12(4,5)10(3)13/h8-10,15H,6-7H2,1-5H3. The maximum Gasteiger partial charge on any atom is 0.140 e. The highest BCUT2D eigenvalue weighted by Crippen LogP contribution is 2.15. The molecule has 4 nitrogen and oxygen atoms in total. The van der Waals surface area contributed by atoms with E-state index < -0.39 is 0 Å². The van der Waals surface area contributed by atoms with Gasteiger partial charge >= 0.3 is 0 Å². The van der Waals surface area contributed by atoms with Gasteiger partial charge in [-0.25, -0.2) is 9.67 Å². The molecular weight excluding hydrogens is 236 g/mol. The van der Waals surface area contributed by atoms with Crippen LogP contribution in [0.15, 0.2) is 6.33 Å². The highest BCUT2D eigenvalue weighted by Gasteiger charge is 2.23. The summed E-state index contributed by atoms with van der Waals surface area (Å²) in [5.74, 6) is 1.53. The largest absolute Gasteiger partial charge is 0.303 e. The zero-order chi connectivity index (χ0) is 13.1. The van der Waals surface area contributed by atoms with Gasteiger partial charge in [0.2, 0.25) is 0 Å². The van der Waals surface area contributed by atoms with Gasteiger partial charge in [-0.1, -0.05) is 13.8 Å². The lowest BCUT2D eigenvalue weighted by Gasteiger charge is -2.29. The fourth-order valence-corrected chi connectivity index (χ4v) is 1.45. The summed E-state index contributed by atoms with van der Waals surface area (Å²) in [4.78, 5) is 4.28. The molecule has 1 rings (SSSR count). The van der Waals surface area contributed by atoms with Crippen LogP contribution in [-0.2, 0) is 13.1 Å². The second-order valence-electron chi connectivity index (χ2n) is 5.44. The van der Waals surface area contributed by atoms with E-state index in [-0.39, 0.29) is 10.9 Å². The van der Waals surface area contributed by atoms with Crippen LogP contribution in [0.2, 0.25) is 0 Å². The van der Waals surface area contributed by atoms with Crippen molar-refractivity contribution in [1.82, 2.24) is 20.1 Å². The van der Waals surface area contributed by atoms with E-state index >= 15 is 0 Å². The van der Waals surface area contributed by atoms with E-state index in [0.717, 1.165) is 12.4 Å². The molecule has 0 amide bonds. The van der Waals surface area contributed by atoms with Gasteiger partial charge in [-0.05, 0) is 26.7 Å². The Morgan fingerprint density at radius 1 is 1.41 bits per heavy atom. The van der Waals surface area contributed by atoms with Crippen LogP contribution in [0.3, 0.4) is 0 Å². The topological polar surface area (TPSA) is 42.7 Å². The number of aromatic nitrogens is 3. The fraction of sp³-hybridized carbons (Fsp3) is 0.833. The Bertz CT molecular complexity index is 344. The third-order valence-electron chi connectivity index (χ3n) is 2.93. The van der Waals surface area contributed by atoms with Gasteiger partial charge in [0.05, 0.1) is 6.54 Å². The number of hydrogen-bond acceptors (Lipinski definition) is 3. The van der Waals surface area contributed by atoms with Gasteiger partial charge in [-0.2, -0.15) is 5.10 Å². The number of hydrogen-bond donors (Lipinski definition) is 1. The molecule has 1 N–H and O–H groups in total. The zero-order valence-electron chi connectivity index (χ0n) is 11.4. The summed E-state index contributed by atoms with van der Waals surface area (Å²) < 4.78 is 1.95. The smallest absolute Gasteiger partial charge is 0.140 e. The highest BCUT2D eigenvalue weighted by molar-refractivity contribution is 6.21. The van der Waals surface area contributed by atoms with E-state index in [1.54, 1.807) is 6.33 Å². The van der Waals surface area contributed by atoms with Crippen molar-refractivity contribution in [1.29, 1.82) is 0 Å². The van der Waals surface area contributed by atoms with Crippen molar-refractivity contribution in [2.45, 2.75) is 58.6 Å². The molecule has 98 valence electrons. The molecule has 17 heavy (non-hydrogen) atoms. The van der Waals surface area contributed by atoms with Crippen molar-refractivity contribution in [3.63, 3.8) is 0 Å². The first-order chi connectivity index (χ1) is 7.83. The molecule has 1 aromatic rings. The Labute approximate surface area is 109 Å². The van der Waals surface area contributed by atoms with Crippen LogP contribution in [0.4, 0.5) is 0 Å². The maximum absolute atomic E-state index is 6.13. The molecule has 0 aliphatic carbocycles. The Hall–Kier alpha value is -0.610. The first-order valence-corrected chi connectivity index (χ1v) is 6.52. The molecule has 0 aliphatic rings. The van der Waals surface area contributed by atoms with Gasteiger partial charge < -0.3 is 5.32 Å². The summed E-state index contributed by atoms with van der Waals surface area (Å²) in [6, 6.07) is 0. The molecule has 0 spiro atoms. The molecule has 0 saturated heterocycles. The minimum atomic E-state index is -0.115. The molecule has 0 radical (unpaired) electrons. The van der Waals surface area contributed by atoms with E-state index in [1.807, 2.05) is 11.6 Å². The summed E-state index contributed by atoms with van der Waals surface area (Å²) in [5.41, 5.74) is -0.115. The van der Waals surface area contributed by atoms with Crippen LogP contribution in [0.1, 0.15) is 40.4 Å². The quantitative estimate of drug-likeness (QED) is 0.797. The Morgan fingerprint density at radius 3 is 2.59 bits per heavy atom. The third kappa shape index (κ3) is 4.28. The molecule has 0 saturated carbocycles. The summed E-state index contributed by atoms with van der Waals surface area (Å²) in [6.45, 7) is 12.1. The number of halogens is 1. The molecule has 0 aromatic carbocycles.